The molecule has 4 rings (SSSR count). The molecule has 1 fully saturated rings. The summed E-state index contributed by atoms with van der Waals surface area (Å²) in [5, 5.41) is 0. The van der Waals surface area contributed by atoms with E-state index in [9.17, 15) is 9.59 Å². The lowest BCUT2D eigenvalue weighted by Crippen LogP contribution is -2.49. The second-order valence-corrected chi connectivity index (χ2v) is 8.48. The standard InChI is InChI=1S/C27H30N4O2/c1-28(2)24-13-11-22(12-14-24)20-25(31-15-7-6-10-26(31)32)27(33)30-18-16-29(17-19-30)21-23-8-4-3-5-9-23/h3-15,20H,16-19,21H2,1-2H3/b25-20+. The van der Waals surface area contributed by atoms with Gasteiger partial charge in [0.25, 0.3) is 11.5 Å². The van der Waals surface area contributed by atoms with E-state index in [1.807, 2.05) is 54.2 Å². The predicted octanol–water partition coefficient (Wildman–Crippen LogP) is 3.26. The van der Waals surface area contributed by atoms with Crippen LogP contribution in [-0.2, 0) is 11.3 Å². The molecule has 1 amide bonds. The molecule has 0 atom stereocenters. The molecule has 6 nitrogen and oxygen atoms in total. The number of nitrogens with zero attached hydrogens (tertiary/aromatic N) is 4. The van der Waals surface area contributed by atoms with E-state index in [-0.39, 0.29) is 11.5 Å². The van der Waals surface area contributed by atoms with Gasteiger partial charge in [-0.05, 0) is 35.4 Å². The highest BCUT2D eigenvalue weighted by Gasteiger charge is 2.25. The van der Waals surface area contributed by atoms with Crippen LogP contribution in [0.15, 0.2) is 83.8 Å². The first-order valence-electron chi connectivity index (χ1n) is 11.2. The first kappa shape index (κ1) is 22.6. The fourth-order valence-electron chi connectivity index (χ4n) is 4.00. The normalized spacial score (nSPS) is 14.8. The molecule has 1 saturated heterocycles. The van der Waals surface area contributed by atoms with Crippen molar-refractivity contribution in [3.8, 4) is 0 Å². The number of carbonyl (C=O) groups is 1. The van der Waals surface area contributed by atoms with Crippen LogP contribution < -0.4 is 10.5 Å². The van der Waals surface area contributed by atoms with Gasteiger partial charge in [0.05, 0.1) is 0 Å². The second kappa shape index (κ2) is 10.3. The molecule has 0 radical (unpaired) electrons. The van der Waals surface area contributed by atoms with Gasteiger partial charge in [0.2, 0.25) is 0 Å². The van der Waals surface area contributed by atoms with Gasteiger partial charge in [-0.25, -0.2) is 0 Å². The van der Waals surface area contributed by atoms with E-state index in [0.29, 0.717) is 18.8 Å². The maximum absolute atomic E-state index is 13.6. The van der Waals surface area contributed by atoms with Gasteiger partial charge in [0.15, 0.2) is 0 Å². The summed E-state index contributed by atoms with van der Waals surface area (Å²) in [6.45, 7) is 3.74. The minimum Gasteiger partial charge on any atom is -0.378 e. The highest BCUT2D eigenvalue weighted by molar-refractivity contribution is 6.18. The highest BCUT2D eigenvalue weighted by Crippen LogP contribution is 2.18. The van der Waals surface area contributed by atoms with Crippen molar-refractivity contribution in [3.05, 3.63) is 100 Å². The molecular formula is C27H30N4O2. The van der Waals surface area contributed by atoms with Crippen LogP contribution in [0.3, 0.4) is 0 Å². The summed E-state index contributed by atoms with van der Waals surface area (Å²) >= 11 is 0. The van der Waals surface area contributed by atoms with Crippen molar-refractivity contribution in [1.29, 1.82) is 0 Å². The number of hydrogen-bond donors (Lipinski definition) is 0. The summed E-state index contributed by atoms with van der Waals surface area (Å²) in [7, 11) is 3.97. The van der Waals surface area contributed by atoms with Gasteiger partial charge in [0.1, 0.15) is 5.70 Å². The second-order valence-electron chi connectivity index (χ2n) is 8.48. The van der Waals surface area contributed by atoms with Crippen LogP contribution >= 0.6 is 0 Å². The monoisotopic (exact) mass is 442 g/mol. The lowest BCUT2D eigenvalue weighted by molar-refractivity contribution is -0.127. The van der Waals surface area contributed by atoms with Crippen molar-refractivity contribution in [2.24, 2.45) is 0 Å². The Kier molecular flexibility index (Phi) is 7.05. The summed E-state index contributed by atoms with van der Waals surface area (Å²) in [5.74, 6) is -0.126. The third-order valence-corrected chi connectivity index (χ3v) is 5.92. The van der Waals surface area contributed by atoms with Gasteiger partial charge in [-0.1, -0.05) is 48.5 Å². The Balaban J connectivity index is 1.54. The number of amides is 1. The molecule has 2 aromatic carbocycles. The first-order valence-corrected chi connectivity index (χ1v) is 11.2. The summed E-state index contributed by atoms with van der Waals surface area (Å²) in [6.07, 6.45) is 3.46. The Morgan fingerprint density at radius 2 is 1.55 bits per heavy atom. The van der Waals surface area contributed by atoms with Crippen molar-refractivity contribution < 1.29 is 4.79 Å². The van der Waals surface area contributed by atoms with Crippen LogP contribution in [-0.4, -0.2) is 60.5 Å². The molecule has 2 heterocycles. The number of hydrogen-bond acceptors (Lipinski definition) is 4. The van der Waals surface area contributed by atoms with Crippen molar-refractivity contribution in [2.45, 2.75) is 6.54 Å². The van der Waals surface area contributed by atoms with Crippen LogP contribution in [0.1, 0.15) is 11.1 Å². The van der Waals surface area contributed by atoms with E-state index in [4.69, 9.17) is 0 Å². The van der Waals surface area contributed by atoms with Gasteiger partial charge in [-0.15, -0.1) is 0 Å². The van der Waals surface area contributed by atoms with Crippen LogP contribution in [0, 0.1) is 0 Å². The van der Waals surface area contributed by atoms with Crippen LogP contribution in [0.5, 0.6) is 0 Å². The maximum atomic E-state index is 13.6. The molecule has 3 aromatic rings. The Hall–Kier alpha value is -3.64. The molecule has 1 aliphatic heterocycles. The number of anilines is 1. The molecule has 6 heteroatoms. The minimum absolute atomic E-state index is 0.126. The topological polar surface area (TPSA) is 48.8 Å². The Morgan fingerprint density at radius 3 is 2.18 bits per heavy atom. The average molecular weight is 443 g/mol. The zero-order chi connectivity index (χ0) is 23.2. The van der Waals surface area contributed by atoms with E-state index in [2.05, 4.69) is 29.2 Å². The SMILES string of the molecule is CN(C)c1ccc(/C=C(\C(=O)N2CCN(Cc3ccccc3)CC2)n2ccccc2=O)cc1. The van der Waals surface area contributed by atoms with Crippen LogP contribution in [0.25, 0.3) is 11.8 Å². The molecule has 1 aromatic heterocycles. The third kappa shape index (κ3) is 5.59. The summed E-state index contributed by atoms with van der Waals surface area (Å²) < 4.78 is 1.44. The van der Waals surface area contributed by atoms with Gasteiger partial charge in [-0.3, -0.25) is 19.1 Å². The number of piperazine rings is 1. The lowest BCUT2D eigenvalue weighted by Gasteiger charge is -2.35. The molecule has 0 saturated carbocycles. The molecule has 33 heavy (non-hydrogen) atoms. The van der Waals surface area contributed by atoms with Crippen molar-refractivity contribution in [3.63, 3.8) is 0 Å². The molecule has 170 valence electrons. The van der Waals surface area contributed by atoms with E-state index >= 15 is 0 Å². The number of benzene rings is 2. The highest BCUT2D eigenvalue weighted by atomic mass is 16.2. The quantitative estimate of drug-likeness (QED) is 0.550. The molecule has 1 aliphatic rings. The van der Waals surface area contributed by atoms with Crippen molar-refractivity contribution >= 4 is 23.4 Å². The van der Waals surface area contributed by atoms with Crippen LogP contribution in [0.2, 0.25) is 0 Å². The Bertz CT molecular complexity index is 1160. The summed E-state index contributed by atoms with van der Waals surface area (Å²) in [4.78, 5) is 32.4. The fourth-order valence-corrected chi connectivity index (χ4v) is 4.00. The van der Waals surface area contributed by atoms with E-state index < -0.39 is 0 Å². The zero-order valence-electron chi connectivity index (χ0n) is 19.2. The number of rotatable bonds is 6. The Labute approximate surface area is 195 Å². The summed E-state index contributed by atoms with van der Waals surface area (Å²) in [5.41, 5.74) is 3.38. The summed E-state index contributed by atoms with van der Waals surface area (Å²) in [6, 6.07) is 23.3. The largest absolute Gasteiger partial charge is 0.378 e. The smallest absolute Gasteiger partial charge is 0.271 e. The third-order valence-electron chi connectivity index (χ3n) is 5.92. The fraction of sp³-hybridized carbons (Fsp3) is 0.259. The lowest BCUT2D eigenvalue weighted by atomic mass is 10.1. The average Bonchev–Trinajstić information content (AvgIpc) is 2.84. The maximum Gasteiger partial charge on any atom is 0.271 e. The van der Waals surface area contributed by atoms with Crippen molar-refractivity contribution in [1.82, 2.24) is 14.4 Å². The molecule has 0 unspecified atom stereocenters. The predicted molar refractivity (Wildman–Crippen MR) is 134 cm³/mol. The van der Waals surface area contributed by atoms with Crippen molar-refractivity contribution in [2.75, 3.05) is 45.2 Å². The molecule has 0 spiro atoms. The van der Waals surface area contributed by atoms with E-state index in [1.54, 1.807) is 24.4 Å². The Morgan fingerprint density at radius 1 is 0.879 bits per heavy atom. The van der Waals surface area contributed by atoms with E-state index in [0.717, 1.165) is 30.9 Å². The molecular weight excluding hydrogens is 412 g/mol. The molecule has 0 N–H and O–H groups in total. The number of carbonyl (C=O) groups excluding carboxylic acids is 1. The zero-order valence-corrected chi connectivity index (χ0v) is 19.2. The van der Waals surface area contributed by atoms with Crippen LogP contribution in [0.4, 0.5) is 5.69 Å². The van der Waals surface area contributed by atoms with E-state index in [1.165, 1.54) is 16.2 Å². The van der Waals surface area contributed by atoms with Gasteiger partial charge >= 0.3 is 0 Å². The molecule has 0 aliphatic carbocycles. The number of pyridine rings is 1. The van der Waals surface area contributed by atoms with Gasteiger partial charge in [0, 0.05) is 64.8 Å². The number of aromatic nitrogens is 1. The molecule has 0 bridgehead atoms. The minimum atomic E-state index is -0.218. The first-order chi connectivity index (χ1) is 16.0. The van der Waals surface area contributed by atoms with Gasteiger partial charge < -0.3 is 9.80 Å². The van der Waals surface area contributed by atoms with Gasteiger partial charge in [-0.2, -0.15) is 0 Å².